The molecule has 0 aliphatic carbocycles. The lowest BCUT2D eigenvalue weighted by molar-refractivity contribution is 0.0940. The van der Waals surface area contributed by atoms with Crippen molar-refractivity contribution in [2.24, 2.45) is 0 Å². The molecule has 27 heavy (non-hydrogen) atoms. The molecule has 1 aromatic heterocycles. The van der Waals surface area contributed by atoms with Crippen molar-refractivity contribution < 1.29 is 4.79 Å². The van der Waals surface area contributed by atoms with Gasteiger partial charge in [0.05, 0.1) is 0 Å². The van der Waals surface area contributed by atoms with Crippen molar-refractivity contribution in [2.75, 3.05) is 13.1 Å². The molecule has 0 fully saturated rings. The van der Waals surface area contributed by atoms with Gasteiger partial charge >= 0.3 is 0 Å². The van der Waals surface area contributed by atoms with Crippen molar-refractivity contribution >= 4 is 5.91 Å². The van der Waals surface area contributed by atoms with Crippen LogP contribution in [-0.2, 0) is 13.0 Å². The molecule has 1 atom stereocenters. The first kappa shape index (κ1) is 21.1. The number of aromatic nitrogens is 1. The quantitative estimate of drug-likeness (QED) is 0.678. The maximum atomic E-state index is 12.5. The van der Waals surface area contributed by atoms with Crippen molar-refractivity contribution in [3.63, 3.8) is 0 Å². The van der Waals surface area contributed by atoms with Gasteiger partial charge in [-0.2, -0.15) is 0 Å². The number of hydrogen-bond acceptors (Lipinski definition) is 3. The van der Waals surface area contributed by atoms with E-state index < -0.39 is 0 Å². The Kier molecular flexibility index (Phi) is 8.46. The van der Waals surface area contributed by atoms with E-state index in [-0.39, 0.29) is 11.9 Å². The number of amides is 1. The summed E-state index contributed by atoms with van der Waals surface area (Å²) in [7, 11) is 0. The molecule has 0 saturated carbocycles. The van der Waals surface area contributed by atoms with E-state index in [0.29, 0.717) is 5.56 Å². The number of nitrogens with zero attached hydrogens (tertiary/aromatic N) is 2. The molecule has 1 aromatic carbocycles. The molecule has 1 N–H and O–H groups in total. The smallest absolute Gasteiger partial charge is 0.251 e. The molecule has 1 amide bonds. The van der Waals surface area contributed by atoms with E-state index in [1.54, 1.807) is 6.20 Å². The summed E-state index contributed by atoms with van der Waals surface area (Å²) < 4.78 is 0. The first-order chi connectivity index (χ1) is 13.0. The molecule has 0 saturated heterocycles. The topological polar surface area (TPSA) is 45.2 Å². The summed E-state index contributed by atoms with van der Waals surface area (Å²) in [4.78, 5) is 19.4. The Hall–Kier alpha value is -2.20. The Morgan fingerprint density at radius 3 is 2.37 bits per heavy atom. The Morgan fingerprint density at radius 2 is 1.78 bits per heavy atom. The summed E-state index contributed by atoms with van der Waals surface area (Å²) >= 11 is 0. The lowest BCUT2D eigenvalue weighted by atomic mass is 10.1. The minimum atomic E-state index is -0.0263. The molecule has 2 aromatic rings. The fraction of sp³-hybridized carbons (Fsp3) is 0.478. The van der Waals surface area contributed by atoms with Crippen molar-refractivity contribution in [2.45, 2.75) is 59.5 Å². The van der Waals surface area contributed by atoms with Crippen molar-refractivity contribution in [1.82, 2.24) is 15.2 Å². The zero-order valence-electron chi connectivity index (χ0n) is 17.2. The van der Waals surface area contributed by atoms with E-state index in [1.165, 1.54) is 5.56 Å². The van der Waals surface area contributed by atoms with Gasteiger partial charge in [0.2, 0.25) is 0 Å². The van der Waals surface area contributed by atoms with Crippen LogP contribution < -0.4 is 5.32 Å². The Bertz CT molecular complexity index is 706. The zero-order valence-corrected chi connectivity index (χ0v) is 17.2. The Balaban J connectivity index is 1.91. The second-order valence-corrected chi connectivity index (χ2v) is 7.32. The third-order valence-electron chi connectivity index (χ3n) is 4.70. The van der Waals surface area contributed by atoms with E-state index >= 15 is 0 Å². The number of pyridine rings is 1. The average Bonchev–Trinajstić information content (AvgIpc) is 2.64. The molecule has 0 unspecified atom stereocenters. The van der Waals surface area contributed by atoms with Crippen LogP contribution in [0.15, 0.2) is 42.6 Å². The average molecular weight is 368 g/mol. The minimum Gasteiger partial charge on any atom is -0.349 e. The van der Waals surface area contributed by atoms with E-state index in [0.717, 1.165) is 50.2 Å². The highest BCUT2D eigenvalue weighted by Crippen LogP contribution is 2.10. The highest BCUT2D eigenvalue weighted by Gasteiger charge is 2.12. The number of rotatable bonds is 10. The lowest BCUT2D eigenvalue weighted by Crippen LogP contribution is -2.34. The normalized spacial score (nSPS) is 12.2. The van der Waals surface area contributed by atoms with Crippen LogP contribution in [0.4, 0.5) is 0 Å². The van der Waals surface area contributed by atoms with Gasteiger partial charge in [-0.25, -0.2) is 0 Å². The monoisotopic (exact) mass is 367 g/mol. The fourth-order valence-electron chi connectivity index (χ4n) is 3.30. The van der Waals surface area contributed by atoms with Crippen LogP contribution in [0.5, 0.6) is 0 Å². The number of carbonyl (C=O) groups is 1. The van der Waals surface area contributed by atoms with Gasteiger partial charge in [-0.15, -0.1) is 0 Å². The van der Waals surface area contributed by atoms with E-state index in [4.69, 9.17) is 0 Å². The molecule has 0 spiro atoms. The Morgan fingerprint density at radius 1 is 1.11 bits per heavy atom. The van der Waals surface area contributed by atoms with Gasteiger partial charge in [0, 0.05) is 36.5 Å². The molecule has 146 valence electrons. The van der Waals surface area contributed by atoms with Crippen LogP contribution in [-0.4, -0.2) is 34.9 Å². The van der Waals surface area contributed by atoms with Crippen LogP contribution in [0, 0.1) is 6.92 Å². The van der Waals surface area contributed by atoms with Crippen LogP contribution in [0.3, 0.4) is 0 Å². The van der Waals surface area contributed by atoms with Gasteiger partial charge in [0.25, 0.3) is 5.91 Å². The van der Waals surface area contributed by atoms with Crippen molar-refractivity contribution in [3.05, 3.63) is 65.0 Å². The van der Waals surface area contributed by atoms with E-state index in [9.17, 15) is 4.79 Å². The highest BCUT2D eigenvalue weighted by atomic mass is 16.1. The molecule has 0 radical (unpaired) electrons. The van der Waals surface area contributed by atoms with Gasteiger partial charge in [0.1, 0.15) is 0 Å². The number of benzene rings is 1. The minimum absolute atomic E-state index is 0.0263. The SMILES string of the molecule is CCCN(CCC)Cc1ccc(C(=O)N[C@H](C)Cc2ncccc2C)cc1. The van der Waals surface area contributed by atoms with E-state index in [2.05, 4.69) is 54.2 Å². The van der Waals surface area contributed by atoms with Crippen molar-refractivity contribution in [3.8, 4) is 0 Å². The van der Waals surface area contributed by atoms with Crippen LogP contribution in [0.2, 0.25) is 0 Å². The standard InChI is InChI=1S/C23H33N3O/c1-5-14-26(15-6-2)17-20-9-11-21(12-10-20)23(27)25-19(4)16-22-18(3)8-7-13-24-22/h7-13,19H,5-6,14-17H2,1-4H3,(H,25,27)/t19-/m1/s1. The second kappa shape index (κ2) is 10.8. The maximum absolute atomic E-state index is 12.5. The summed E-state index contributed by atoms with van der Waals surface area (Å²) in [5.41, 5.74) is 4.16. The highest BCUT2D eigenvalue weighted by molar-refractivity contribution is 5.94. The van der Waals surface area contributed by atoms with Crippen LogP contribution in [0.1, 0.15) is 60.8 Å². The van der Waals surface area contributed by atoms with Gasteiger partial charge in [0.15, 0.2) is 0 Å². The second-order valence-electron chi connectivity index (χ2n) is 7.32. The summed E-state index contributed by atoms with van der Waals surface area (Å²) in [5.74, 6) is -0.0263. The van der Waals surface area contributed by atoms with Gasteiger partial charge in [-0.3, -0.25) is 14.7 Å². The molecule has 0 aliphatic heterocycles. The fourth-order valence-corrected chi connectivity index (χ4v) is 3.30. The summed E-state index contributed by atoms with van der Waals surface area (Å²) in [6.07, 6.45) is 4.86. The molecule has 2 rings (SSSR count). The van der Waals surface area contributed by atoms with Crippen LogP contribution in [0.25, 0.3) is 0 Å². The zero-order chi connectivity index (χ0) is 19.6. The van der Waals surface area contributed by atoms with Crippen LogP contribution >= 0.6 is 0 Å². The molecule has 4 heteroatoms. The molecule has 4 nitrogen and oxygen atoms in total. The summed E-state index contributed by atoms with van der Waals surface area (Å²) in [5, 5.41) is 3.08. The van der Waals surface area contributed by atoms with Gasteiger partial charge < -0.3 is 5.32 Å². The maximum Gasteiger partial charge on any atom is 0.251 e. The van der Waals surface area contributed by atoms with Gasteiger partial charge in [-0.1, -0.05) is 32.0 Å². The predicted octanol–water partition coefficient (Wildman–Crippen LogP) is 4.37. The van der Waals surface area contributed by atoms with E-state index in [1.807, 2.05) is 25.1 Å². The van der Waals surface area contributed by atoms with Crippen molar-refractivity contribution in [1.29, 1.82) is 0 Å². The molecular weight excluding hydrogens is 334 g/mol. The number of hydrogen-bond donors (Lipinski definition) is 1. The number of aryl methyl sites for hydroxylation is 1. The first-order valence-corrected chi connectivity index (χ1v) is 10.1. The molecule has 1 heterocycles. The summed E-state index contributed by atoms with van der Waals surface area (Å²) in [6, 6.07) is 12.0. The third-order valence-corrected chi connectivity index (χ3v) is 4.70. The predicted molar refractivity (Wildman–Crippen MR) is 112 cm³/mol. The first-order valence-electron chi connectivity index (χ1n) is 10.1. The Labute approximate surface area is 164 Å². The molecular formula is C23H33N3O. The number of carbonyl (C=O) groups excluding carboxylic acids is 1. The third kappa shape index (κ3) is 6.79. The molecule has 0 aliphatic rings. The van der Waals surface area contributed by atoms with Gasteiger partial charge in [-0.05, 0) is 69.1 Å². The molecule has 0 bridgehead atoms. The summed E-state index contributed by atoms with van der Waals surface area (Å²) in [6.45, 7) is 11.7. The number of nitrogens with one attached hydrogen (secondary N) is 1. The lowest BCUT2D eigenvalue weighted by Gasteiger charge is -2.21. The largest absolute Gasteiger partial charge is 0.349 e.